The first-order valence-corrected chi connectivity index (χ1v) is 14.5. The lowest BCUT2D eigenvalue weighted by Crippen LogP contribution is -2.52. The number of pyridine rings is 1. The molecule has 1 aromatic heterocycles. The number of halogens is 3. The molecule has 3 aromatic rings. The minimum absolute atomic E-state index is 0.00287. The van der Waals surface area contributed by atoms with Gasteiger partial charge in [-0.2, -0.15) is 0 Å². The second-order valence-electron chi connectivity index (χ2n) is 10.3. The van der Waals surface area contributed by atoms with Crippen molar-refractivity contribution in [3.63, 3.8) is 0 Å². The zero-order chi connectivity index (χ0) is 28.1. The van der Waals surface area contributed by atoms with Crippen LogP contribution in [0.3, 0.4) is 0 Å². The highest BCUT2D eigenvalue weighted by atomic mass is 35.5. The van der Waals surface area contributed by atoms with Gasteiger partial charge in [0.25, 0.3) is 5.91 Å². The van der Waals surface area contributed by atoms with Crippen molar-refractivity contribution in [2.75, 3.05) is 5.32 Å². The number of rotatable bonds is 6. The van der Waals surface area contributed by atoms with E-state index in [0.717, 1.165) is 17.7 Å². The fraction of sp³-hybridized carbons (Fsp3) is 0.357. The Morgan fingerprint density at radius 1 is 1.10 bits per heavy atom. The Labute approximate surface area is 229 Å². The van der Waals surface area contributed by atoms with Crippen molar-refractivity contribution in [1.29, 1.82) is 0 Å². The topological polar surface area (TPSA) is 117 Å². The lowest BCUT2D eigenvalue weighted by Gasteiger charge is -2.45. The number of nitrogens with zero attached hydrogens (tertiary/aromatic N) is 1. The summed E-state index contributed by atoms with van der Waals surface area (Å²) in [7, 11) is -4.04. The Hall–Kier alpha value is -2.92. The van der Waals surface area contributed by atoms with Crippen molar-refractivity contribution in [2.24, 2.45) is 11.8 Å². The van der Waals surface area contributed by atoms with Crippen molar-refractivity contribution in [3.8, 4) is 0 Å². The van der Waals surface area contributed by atoms with E-state index >= 15 is 0 Å². The molecule has 5 atom stereocenters. The average Bonchev–Trinajstić information content (AvgIpc) is 3.06. The molecule has 0 aliphatic heterocycles. The minimum Gasteiger partial charge on any atom is -0.386 e. The van der Waals surface area contributed by atoms with Crippen LogP contribution in [0.1, 0.15) is 53.4 Å². The minimum atomic E-state index is -4.04. The molecule has 11 heteroatoms. The summed E-state index contributed by atoms with van der Waals surface area (Å²) in [5.41, 5.74) is -0.429. The highest BCUT2D eigenvalue weighted by Crippen LogP contribution is 2.56. The number of aryl methyl sites for hydroxylation is 1. The fourth-order valence-electron chi connectivity index (χ4n) is 6.06. The van der Waals surface area contributed by atoms with Crippen LogP contribution in [0.25, 0.3) is 0 Å². The molecule has 2 bridgehead atoms. The van der Waals surface area contributed by atoms with Crippen molar-refractivity contribution in [1.82, 2.24) is 4.98 Å². The van der Waals surface area contributed by atoms with Crippen LogP contribution in [0.4, 0.5) is 14.5 Å². The molecule has 3 N–H and O–H groups in total. The summed E-state index contributed by atoms with van der Waals surface area (Å²) >= 11 is 6.30. The largest absolute Gasteiger partial charge is 0.386 e. The van der Waals surface area contributed by atoms with Gasteiger partial charge >= 0.3 is 0 Å². The Balaban J connectivity index is 1.39. The van der Waals surface area contributed by atoms with Gasteiger partial charge in [0.2, 0.25) is 0 Å². The maximum atomic E-state index is 13.8. The fourth-order valence-corrected chi connectivity index (χ4v) is 8.47. The molecule has 2 aliphatic rings. The van der Waals surface area contributed by atoms with E-state index in [1.807, 2.05) is 0 Å². The maximum absolute atomic E-state index is 13.8. The van der Waals surface area contributed by atoms with E-state index in [4.69, 9.17) is 11.6 Å². The molecule has 0 saturated heterocycles. The van der Waals surface area contributed by atoms with Gasteiger partial charge < -0.3 is 15.5 Å². The summed E-state index contributed by atoms with van der Waals surface area (Å²) in [5, 5.41) is 24.4. The highest BCUT2D eigenvalue weighted by Gasteiger charge is 2.59. The number of carbonyl (C=O) groups is 1. The predicted molar refractivity (Wildman–Crippen MR) is 141 cm³/mol. The van der Waals surface area contributed by atoms with Gasteiger partial charge in [0, 0.05) is 23.5 Å². The Kier molecular flexibility index (Phi) is 7.26. The van der Waals surface area contributed by atoms with Gasteiger partial charge in [-0.3, -0.25) is 9.78 Å². The highest BCUT2D eigenvalue weighted by molar-refractivity contribution is 7.92. The number of hydrogen-bond donors (Lipinski definition) is 3. The number of fused-ring (bicyclic) bond motifs is 2. The normalized spacial score (nSPS) is 25.3. The number of benzene rings is 2. The zero-order valence-corrected chi connectivity index (χ0v) is 22.5. The van der Waals surface area contributed by atoms with E-state index < -0.39 is 56.2 Å². The standard InChI is InChI=1S/C28H27ClF2N2O5S/c1-15-3-2-10-32-25(15)26(34)28(36)17-5-6-18(28)13-20(12-17)39(37,38)24-11-16(4-8-21(24)29)27(35)33-19-7-9-22(30)23(31)14-19/h2-4,7-11,14,17-18,20,26,34,36H,5-6,12-13H2,1H3,(H,33,35)/t17-,18?,20?,26+,28?/m0/s1. The molecule has 3 unspecified atom stereocenters. The molecule has 2 aliphatic carbocycles. The van der Waals surface area contributed by atoms with E-state index in [2.05, 4.69) is 10.3 Å². The van der Waals surface area contributed by atoms with Gasteiger partial charge in [0.15, 0.2) is 21.5 Å². The molecule has 0 radical (unpaired) electrons. The number of anilines is 1. The van der Waals surface area contributed by atoms with E-state index in [1.54, 1.807) is 25.3 Å². The van der Waals surface area contributed by atoms with Crippen LogP contribution >= 0.6 is 11.6 Å². The lowest BCUT2D eigenvalue weighted by molar-refractivity contribution is -0.146. The summed E-state index contributed by atoms with van der Waals surface area (Å²) < 4.78 is 54.3. The number of hydrogen-bond acceptors (Lipinski definition) is 6. The first kappa shape index (κ1) is 27.6. The number of aromatic nitrogens is 1. The van der Waals surface area contributed by atoms with E-state index in [1.165, 1.54) is 24.3 Å². The van der Waals surface area contributed by atoms with Crippen molar-refractivity contribution in [2.45, 2.75) is 54.5 Å². The summed E-state index contributed by atoms with van der Waals surface area (Å²) in [6.07, 6.45) is 1.62. The number of sulfone groups is 1. The maximum Gasteiger partial charge on any atom is 0.255 e. The third-order valence-corrected chi connectivity index (χ3v) is 10.8. The molecule has 39 heavy (non-hydrogen) atoms. The summed E-state index contributed by atoms with van der Waals surface area (Å²) in [6, 6.07) is 10.2. The molecular weight excluding hydrogens is 550 g/mol. The second kappa shape index (κ2) is 10.2. The smallest absolute Gasteiger partial charge is 0.255 e. The van der Waals surface area contributed by atoms with E-state index in [0.29, 0.717) is 18.5 Å². The Morgan fingerprint density at radius 2 is 1.79 bits per heavy atom. The number of aliphatic hydroxyl groups excluding tert-OH is 1. The number of nitrogens with one attached hydrogen (secondary N) is 1. The van der Waals surface area contributed by atoms with Crippen molar-refractivity contribution >= 4 is 33.0 Å². The molecule has 206 valence electrons. The first-order valence-electron chi connectivity index (χ1n) is 12.5. The Bertz CT molecular complexity index is 1540. The summed E-state index contributed by atoms with van der Waals surface area (Å²) in [5.74, 6) is -3.88. The number of amides is 1. The number of aliphatic hydroxyl groups is 2. The second-order valence-corrected chi connectivity index (χ2v) is 12.9. The quantitative estimate of drug-likeness (QED) is 0.380. The van der Waals surface area contributed by atoms with Gasteiger partial charge in [0.05, 0.1) is 20.9 Å². The van der Waals surface area contributed by atoms with Crippen LogP contribution in [0.2, 0.25) is 5.02 Å². The molecule has 5 rings (SSSR count). The molecule has 1 amide bonds. The SMILES string of the molecule is Cc1cccnc1[C@@H](O)C1(O)C2CC[C@H]1CC(S(=O)(=O)c1cc(C(=O)Nc3ccc(F)c(F)c3)ccc1Cl)C2. The molecule has 2 aromatic carbocycles. The van der Waals surface area contributed by atoms with Gasteiger partial charge in [0.1, 0.15) is 11.7 Å². The van der Waals surface area contributed by atoms with Crippen LogP contribution in [0.15, 0.2) is 59.6 Å². The van der Waals surface area contributed by atoms with Crippen molar-refractivity contribution < 1.29 is 32.2 Å². The molecule has 0 spiro atoms. The predicted octanol–water partition coefficient (Wildman–Crippen LogP) is 5.00. The molecule has 1 heterocycles. The molecule has 2 saturated carbocycles. The molecule has 7 nitrogen and oxygen atoms in total. The summed E-state index contributed by atoms with van der Waals surface area (Å²) in [4.78, 5) is 16.8. The van der Waals surface area contributed by atoms with Gasteiger partial charge in [-0.1, -0.05) is 17.7 Å². The van der Waals surface area contributed by atoms with Gasteiger partial charge in [-0.25, -0.2) is 17.2 Å². The lowest BCUT2D eigenvalue weighted by atomic mass is 9.70. The first-order chi connectivity index (χ1) is 18.4. The van der Waals surface area contributed by atoms with Crippen LogP contribution in [-0.4, -0.2) is 40.4 Å². The van der Waals surface area contributed by atoms with Crippen LogP contribution in [-0.2, 0) is 9.84 Å². The Morgan fingerprint density at radius 3 is 2.44 bits per heavy atom. The third-order valence-electron chi connectivity index (χ3n) is 8.13. The monoisotopic (exact) mass is 576 g/mol. The average molecular weight is 577 g/mol. The van der Waals surface area contributed by atoms with E-state index in [9.17, 15) is 32.2 Å². The van der Waals surface area contributed by atoms with Gasteiger partial charge in [-0.15, -0.1) is 0 Å². The van der Waals surface area contributed by atoms with Crippen LogP contribution < -0.4 is 5.32 Å². The molecular formula is C28H27ClF2N2O5S. The molecule has 2 fully saturated rings. The van der Waals surface area contributed by atoms with Crippen LogP contribution in [0.5, 0.6) is 0 Å². The van der Waals surface area contributed by atoms with Crippen molar-refractivity contribution in [3.05, 3.63) is 88.2 Å². The van der Waals surface area contributed by atoms with Gasteiger partial charge in [-0.05, 0) is 86.4 Å². The zero-order valence-electron chi connectivity index (χ0n) is 20.9. The number of carbonyl (C=O) groups excluding carboxylic acids is 1. The third kappa shape index (κ3) is 4.84. The summed E-state index contributed by atoms with van der Waals surface area (Å²) in [6.45, 7) is 1.80. The van der Waals surface area contributed by atoms with Crippen LogP contribution in [0, 0.1) is 30.4 Å². The van der Waals surface area contributed by atoms with E-state index in [-0.39, 0.29) is 34.0 Å².